The molecule has 0 spiro atoms. The number of hydrogen-bond acceptors (Lipinski definition) is 7. The summed E-state index contributed by atoms with van der Waals surface area (Å²) in [5.41, 5.74) is 11.8. The summed E-state index contributed by atoms with van der Waals surface area (Å²) in [5, 5.41) is 2.76. The van der Waals surface area contributed by atoms with Crippen LogP contribution >= 0.6 is 0 Å². The summed E-state index contributed by atoms with van der Waals surface area (Å²) in [6.45, 7) is 14.3. The molecule has 3 N–H and O–H groups in total. The van der Waals surface area contributed by atoms with E-state index in [0.29, 0.717) is 40.2 Å². The lowest BCUT2D eigenvalue weighted by Gasteiger charge is -2.18. The average Bonchev–Trinajstić information content (AvgIpc) is 3.74. The molecule has 0 aromatic carbocycles. The van der Waals surface area contributed by atoms with Crippen molar-refractivity contribution >= 4 is 57.1 Å². The largest absolute Gasteiger partial charge is 0.469 e. The highest BCUT2D eigenvalue weighted by molar-refractivity contribution is 6.27. The van der Waals surface area contributed by atoms with Gasteiger partial charge < -0.3 is 24.8 Å². The first-order valence-electron chi connectivity index (χ1n) is 15.9. The van der Waals surface area contributed by atoms with Gasteiger partial charge in [0.25, 0.3) is 5.91 Å². The van der Waals surface area contributed by atoms with Crippen LogP contribution in [-0.2, 0) is 36.7 Å². The lowest BCUT2D eigenvalue weighted by atomic mass is 9.84. The van der Waals surface area contributed by atoms with Crippen LogP contribution in [0.2, 0.25) is 0 Å². The molecule has 47 heavy (non-hydrogen) atoms. The zero-order valence-electron chi connectivity index (χ0n) is 28.4. The smallest absolute Gasteiger partial charge is 0.310 e. The molecule has 0 aliphatic carbocycles. The van der Waals surface area contributed by atoms with Gasteiger partial charge in [0.15, 0.2) is 0 Å². The van der Waals surface area contributed by atoms with E-state index in [2.05, 4.69) is 48.7 Å². The number of fused-ring (bicyclic) bond motifs is 8. The van der Waals surface area contributed by atoms with Gasteiger partial charge in [-0.1, -0.05) is 26.5 Å². The van der Waals surface area contributed by atoms with Crippen LogP contribution < -0.4 is 5.32 Å². The third kappa shape index (κ3) is 6.00. The molecule has 0 saturated heterocycles. The van der Waals surface area contributed by atoms with Crippen LogP contribution in [0, 0.1) is 13.8 Å². The maximum atomic E-state index is 13.5. The van der Waals surface area contributed by atoms with Crippen molar-refractivity contribution < 1.29 is 23.9 Å². The monoisotopic (exact) mass is 637 g/mol. The lowest BCUT2D eigenvalue weighted by molar-refractivity contribution is -0.141. The Labute approximate surface area is 274 Å². The minimum Gasteiger partial charge on any atom is -0.469 e. The zero-order chi connectivity index (χ0) is 34.2. The second kappa shape index (κ2) is 13.4. The lowest BCUT2D eigenvalue weighted by Crippen LogP contribution is -2.21. The van der Waals surface area contributed by atoms with E-state index < -0.39 is 5.97 Å². The van der Waals surface area contributed by atoms with E-state index in [1.807, 2.05) is 32.1 Å². The number of allylic oxidation sites excluding steroid dienone is 1. The van der Waals surface area contributed by atoms with Gasteiger partial charge in [-0.25, -0.2) is 4.98 Å². The summed E-state index contributed by atoms with van der Waals surface area (Å²) in [7, 11) is 4.27. The molecule has 2 atom stereocenters. The van der Waals surface area contributed by atoms with E-state index in [4.69, 9.17) is 19.4 Å². The molecule has 0 fully saturated rings. The molecule has 3 aromatic rings. The first kappa shape index (κ1) is 33.4. The Hall–Kier alpha value is -4.99. The maximum Gasteiger partial charge on any atom is 0.310 e. The molecule has 0 radical (unpaired) electrons. The first-order valence-corrected chi connectivity index (χ1v) is 15.9. The van der Waals surface area contributed by atoms with Gasteiger partial charge in [0.1, 0.15) is 0 Å². The van der Waals surface area contributed by atoms with Crippen LogP contribution in [0.1, 0.15) is 96.0 Å². The number of nitrogens with one attached hydrogen (secondary N) is 3. The number of hydrogen-bond donors (Lipinski definition) is 3. The van der Waals surface area contributed by atoms with E-state index in [0.717, 1.165) is 56.4 Å². The number of ether oxygens (including phenoxy) is 2. The molecule has 8 bridgehead atoms. The van der Waals surface area contributed by atoms with Gasteiger partial charge >= 0.3 is 11.9 Å². The number of H-pyrrole nitrogens is 2. The van der Waals surface area contributed by atoms with Crippen molar-refractivity contribution in [2.75, 3.05) is 21.3 Å². The predicted octanol–water partition coefficient (Wildman–Crippen LogP) is 6.37. The second-order valence-electron chi connectivity index (χ2n) is 12.1. The molecule has 246 valence electrons. The summed E-state index contributed by atoms with van der Waals surface area (Å²) in [6, 6.07) is 6.09. The van der Waals surface area contributed by atoms with Gasteiger partial charge in [-0.3, -0.25) is 19.4 Å². The highest BCUT2D eigenvalue weighted by Crippen LogP contribution is 2.44. The quantitative estimate of drug-likeness (QED) is 0.244. The molecular formula is C37H43N5O5. The molecule has 10 nitrogen and oxygen atoms in total. The van der Waals surface area contributed by atoms with Gasteiger partial charge in [-0.15, -0.1) is 0 Å². The summed E-state index contributed by atoms with van der Waals surface area (Å²) in [5.74, 6) is -1.55. The number of amides is 1. The molecule has 5 rings (SSSR count). The fourth-order valence-electron chi connectivity index (χ4n) is 6.83. The van der Waals surface area contributed by atoms with Crippen LogP contribution in [0.15, 0.2) is 24.8 Å². The average molecular weight is 638 g/mol. The van der Waals surface area contributed by atoms with Crippen LogP contribution in [-0.4, -0.2) is 59.0 Å². The van der Waals surface area contributed by atoms with Crippen molar-refractivity contribution in [1.82, 2.24) is 25.3 Å². The SMILES string of the molecule is C=Cc1c(C)c2cc3nc(c(CC(=O)OC)c4nc(cc5[nH]c(cc1[nH]2)c(C)c5CC)C(C)=C4C(=O)NC)C(CCC(=O)OC)C3C. The van der Waals surface area contributed by atoms with Crippen molar-refractivity contribution in [2.24, 2.45) is 0 Å². The standard InChI is InChI=1S/C37H43N5O5/c1-10-22-18(3)26-15-28-20(5)24(12-13-32(43)46-8)35(41-28)25(14-33(44)47-9)36-34(37(45)38-7)21(6)29(42-36)17-31-23(11-2)19(4)27(40-31)16-30(22)39-26/h10,15-17,20,24,39-40H,1,11-14H2,2-9H3,(H,38,45). The fourth-order valence-corrected chi connectivity index (χ4v) is 6.83. The van der Waals surface area contributed by atoms with E-state index in [1.165, 1.54) is 14.2 Å². The molecule has 2 aliphatic rings. The Morgan fingerprint density at radius 2 is 1.62 bits per heavy atom. The Morgan fingerprint density at radius 1 is 0.936 bits per heavy atom. The van der Waals surface area contributed by atoms with Crippen molar-refractivity contribution in [3.05, 3.63) is 75.4 Å². The second-order valence-corrected chi connectivity index (χ2v) is 12.1. The Kier molecular flexibility index (Phi) is 9.51. The van der Waals surface area contributed by atoms with Crippen molar-refractivity contribution in [1.29, 1.82) is 0 Å². The third-order valence-corrected chi connectivity index (χ3v) is 9.62. The summed E-state index contributed by atoms with van der Waals surface area (Å²) in [4.78, 5) is 56.3. The summed E-state index contributed by atoms with van der Waals surface area (Å²) in [6.07, 6.45) is 3.06. The number of aryl methyl sites for hydroxylation is 3. The topological polar surface area (TPSA) is 139 Å². The van der Waals surface area contributed by atoms with Gasteiger partial charge in [0.05, 0.1) is 43.3 Å². The third-order valence-electron chi connectivity index (χ3n) is 9.62. The minimum atomic E-state index is -0.489. The normalized spacial score (nSPS) is 15.8. The van der Waals surface area contributed by atoms with E-state index >= 15 is 0 Å². The molecule has 3 aromatic heterocycles. The number of methoxy groups -OCH3 is 2. The van der Waals surface area contributed by atoms with Gasteiger partial charge in [-0.05, 0) is 74.1 Å². The maximum absolute atomic E-state index is 13.5. The zero-order valence-corrected chi connectivity index (χ0v) is 28.4. The van der Waals surface area contributed by atoms with Crippen LogP contribution in [0.4, 0.5) is 0 Å². The van der Waals surface area contributed by atoms with Crippen LogP contribution in [0.25, 0.3) is 39.3 Å². The number of nitrogens with zero attached hydrogens (tertiary/aromatic N) is 2. The number of carbonyl (C=O) groups excluding carboxylic acids is 3. The molecule has 0 saturated carbocycles. The molecule has 1 amide bonds. The predicted molar refractivity (Wildman–Crippen MR) is 185 cm³/mol. The van der Waals surface area contributed by atoms with Crippen LogP contribution in [0.3, 0.4) is 0 Å². The number of esters is 2. The molecule has 5 heterocycles. The molecule has 2 aliphatic heterocycles. The summed E-state index contributed by atoms with van der Waals surface area (Å²) < 4.78 is 10.1. The first-order chi connectivity index (χ1) is 22.5. The van der Waals surface area contributed by atoms with Gasteiger partial charge in [0.2, 0.25) is 0 Å². The number of carbonyl (C=O) groups is 3. The fraction of sp³-hybridized carbons (Fsp3) is 0.378. The van der Waals surface area contributed by atoms with Crippen molar-refractivity contribution in [3.63, 3.8) is 0 Å². The number of rotatable bonds is 8. The van der Waals surface area contributed by atoms with E-state index in [1.54, 1.807) is 7.05 Å². The molecule has 2 unspecified atom stereocenters. The number of likely N-dealkylation sites (N-methyl/N-ethyl adjacent to an activating group) is 1. The Balaban J connectivity index is 2.02. The van der Waals surface area contributed by atoms with Crippen LogP contribution in [0.5, 0.6) is 0 Å². The van der Waals surface area contributed by atoms with Gasteiger partial charge in [-0.2, -0.15) is 0 Å². The highest BCUT2D eigenvalue weighted by Gasteiger charge is 2.35. The number of aromatic nitrogens is 4. The van der Waals surface area contributed by atoms with Crippen molar-refractivity contribution in [2.45, 2.75) is 72.1 Å². The van der Waals surface area contributed by atoms with Crippen molar-refractivity contribution in [3.8, 4) is 0 Å². The van der Waals surface area contributed by atoms with E-state index in [-0.39, 0.29) is 36.6 Å². The molecular weight excluding hydrogens is 594 g/mol. The highest BCUT2D eigenvalue weighted by atomic mass is 16.5. The Morgan fingerprint density at radius 3 is 2.26 bits per heavy atom. The Bertz CT molecular complexity index is 2000. The molecule has 10 heteroatoms. The van der Waals surface area contributed by atoms with Gasteiger partial charge in [0, 0.05) is 64.2 Å². The minimum absolute atomic E-state index is 0.134. The number of aromatic amines is 2. The van der Waals surface area contributed by atoms with E-state index in [9.17, 15) is 14.4 Å². The summed E-state index contributed by atoms with van der Waals surface area (Å²) >= 11 is 0.